The molecular weight excluding hydrogens is 343 g/mol. The van der Waals surface area contributed by atoms with E-state index in [2.05, 4.69) is 21.2 Å². The maximum atomic E-state index is 13.4. The number of anilines is 1. The third-order valence-electron chi connectivity index (χ3n) is 2.48. The molecule has 0 aliphatic rings. The largest absolute Gasteiger partial charge is 0.379 e. The second-order valence-electron chi connectivity index (χ2n) is 3.85. The molecule has 0 fully saturated rings. The van der Waals surface area contributed by atoms with Gasteiger partial charge in [-0.05, 0) is 33.6 Å². The minimum Gasteiger partial charge on any atom is -0.379 e. The van der Waals surface area contributed by atoms with Crippen molar-refractivity contribution in [2.24, 2.45) is 0 Å². The van der Waals surface area contributed by atoms with Crippen LogP contribution < -0.4 is 5.32 Å². The van der Waals surface area contributed by atoms with E-state index >= 15 is 0 Å². The van der Waals surface area contributed by atoms with Crippen molar-refractivity contribution in [2.45, 2.75) is 6.54 Å². The van der Waals surface area contributed by atoms with Gasteiger partial charge in [-0.3, -0.25) is 0 Å². The Hall–Kier alpha value is -1.20. The lowest BCUT2D eigenvalue weighted by Gasteiger charge is -2.09. The van der Waals surface area contributed by atoms with Gasteiger partial charge in [0.1, 0.15) is 5.82 Å². The van der Waals surface area contributed by atoms with Crippen LogP contribution in [-0.2, 0) is 6.54 Å². The fraction of sp³-hybridized carbons (Fsp3) is 0.0769. The molecule has 6 heteroatoms. The summed E-state index contributed by atoms with van der Waals surface area (Å²) in [5, 5.41) is 3.26. The van der Waals surface area contributed by atoms with Crippen molar-refractivity contribution in [2.75, 3.05) is 5.32 Å². The summed E-state index contributed by atoms with van der Waals surface area (Å²) >= 11 is 9.11. The smallest absolute Gasteiger partial charge is 0.161 e. The van der Waals surface area contributed by atoms with E-state index in [0.717, 1.165) is 11.6 Å². The minimum absolute atomic E-state index is 0.0926. The van der Waals surface area contributed by atoms with Gasteiger partial charge in [-0.2, -0.15) is 0 Å². The summed E-state index contributed by atoms with van der Waals surface area (Å²) in [6.45, 7) is 0.262. The molecule has 0 amide bonds. The zero-order valence-electron chi connectivity index (χ0n) is 9.48. The zero-order valence-corrected chi connectivity index (χ0v) is 11.8. The van der Waals surface area contributed by atoms with Crippen LogP contribution in [0.4, 0.5) is 18.9 Å². The maximum Gasteiger partial charge on any atom is 0.161 e. The van der Waals surface area contributed by atoms with E-state index in [4.69, 9.17) is 11.6 Å². The predicted octanol–water partition coefficient (Wildman–Crippen LogP) is 5.13. The van der Waals surface area contributed by atoms with Gasteiger partial charge >= 0.3 is 0 Å². The first-order valence-electron chi connectivity index (χ1n) is 5.29. The monoisotopic (exact) mass is 349 g/mol. The summed E-state index contributed by atoms with van der Waals surface area (Å²) in [7, 11) is 0. The van der Waals surface area contributed by atoms with Crippen molar-refractivity contribution in [1.29, 1.82) is 0 Å². The lowest BCUT2D eigenvalue weighted by Crippen LogP contribution is -2.03. The molecule has 0 saturated heterocycles. The molecule has 0 bridgehead atoms. The van der Waals surface area contributed by atoms with E-state index in [1.54, 1.807) is 18.2 Å². The van der Waals surface area contributed by atoms with Crippen LogP contribution in [0.2, 0.25) is 5.02 Å². The molecule has 0 spiro atoms. The van der Waals surface area contributed by atoms with Crippen LogP contribution in [0.1, 0.15) is 5.56 Å². The summed E-state index contributed by atoms with van der Waals surface area (Å²) in [5.74, 6) is -3.15. The first kappa shape index (κ1) is 14.2. The third-order valence-corrected chi connectivity index (χ3v) is 3.69. The normalized spacial score (nSPS) is 10.6. The highest BCUT2D eigenvalue weighted by Crippen LogP contribution is 2.24. The van der Waals surface area contributed by atoms with Crippen LogP contribution >= 0.6 is 27.5 Å². The molecule has 0 aliphatic carbocycles. The van der Waals surface area contributed by atoms with Gasteiger partial charge in [0.25, 0.3) is 0 Å². The Bertz CT molecular complexity index is 619. The van der Waals surface area contributed by atoms with Crippen LogP contribution in [0.25, 0.3) is 0 Å². The highest BCUT2D eigenvalue weighted by Gasteiger charge is 2.09. The summed E-state index contributed by atoms with van der Waals surface area (Å²) in [6, 6.07) is 6.49. The molecule has 2 rings (SSSR count). The number of nitrogens with one attached hydrogen (secondary N) is 1. The van der Waals surface area contributed by atoms with Crippen LogP contribution in [0.3, 0.4) is 0 Å². The Balaban J connectivity index is 2.14. The van der Waals surface area contributed by atoms with Crippen molar-refractivity contribution in [1.82, 2.24) is 0 Å². The van der Waals surface area contributed by atoms with Gasteiger partial charge in [-0.25, -0.2) is 13.2 Å². The molecule has 1 nitrogen and oxygen atoms in total. The molecule has 1 N–H and O–H groups in total. The van der Waals surface area contributed by atoms with E-state index in [1.807, 2.05) is 0 Å². The number of halogens is 5. The van der Waals surface area contributed by atoms with Gasteiger partial charge < -0.3 is 5.32 Å². The van der Waals surface area contributed by atoms with E-state index in [0.29, 0.717) is 15.6 Å². The highest BCUT2D eigenvalue weighted by atomic mass is 79.9. The molecule has 0 aliphatic heterocycles. The predicted molar refractivity (Wildman–Crippen MR) is 72.8 cm³/mol. The second kappa shape index (κ2) is 5.84. The van der Waals surface area contributed by atoms with Crippen LogP contribution in [0.5, 0.6) is 0 Å². The number of hydrogen-bond acceptors (Lipinski definition) is 1. The molecule has 0 atom stereocenters. The third kappa shape index (κ3) is 3.42. The lowest BCUT2D eigenvalue weighted by molar-refractivity contribution is 0.496. The second-order valence-corrected chi connectivity index (χ2v) is 5.11. The molecule has 0 heterocycles. The van der Waals surface area contributed by atoms with Gasteiger partial charge in [0, 0.05) is 23.2 Å². The SMILES string of the molecule is Fc1cc(F)c(NCc2ccc(Cl)c(Br)c2)cc1F. The molecule has 0 aromatic heterocycles. The fourth-order valence-electron chi connectivity index (χ4n) is 1.50. The van der Waals surface area contributed by atoms with Crippen molar-refractivity contribution in [3.63, 3.8) is 0 Å². The quantitative estimate of drug-likeness (QED) is 0.757. The first-order chi connectivity index (χ1) is 8.97. The van der Waals surface area contributed by atoms with E-state index in [1.165, 1.54) is 0 Å². The zero-order chi connectivity index (χ0) is 14.0. The topological polar surface area (TPSA) is 12.0 Å². The number of hydrogen-bond donors (Lipinski definition) is 1. The Morgan fingerprint density at radius 1 is 1.00 bits per heavy atom. The molecule has 0 saturated carbocycles. The van der Waals surface area contributed by atoms with Crippen molar-refractivity contribution < 1.29 is 13.2 Å². The highest BCUT2D eigenvalue weighted by molar-refractivity contribution is 9.10. The summed E-state index contributed by atoms with van der Waals surface area (Å²) < 4.78 is 39.8. The number of rotatable bonds is 3. The molecule has 100 valence electrons. The van der Waals surface area contributed by atoms with Crippen LogP contribution in [0.15, 0.2) is 34.8 Å². The Kier molecular flexibility index (Phi) is 4.37. The Morgan fingerprint density at radius 3 is 2.37 bits per heavy atom. The van der Waals surface area contributed by atoms with E-state index < -0.39 is 17.5 Å². The average molecular weight is 351 g/mol. The molecule has 2 aromatic carbocycles. The molecule has 2 aromatic rings. The molecular formula is C13H8BrClF3N. The van der Waals surface area contributed by atoms with Crippen molar-refractivity contribution in [3.8, 4) is 0 Å². The van der Waals surface area contributed by atoms with Crippen LogP contribution in [0, 0.1) is 17.5 Å². The standard InChI is InChI=1S/C13H8BrClF3N/c14-8-3-7(1-2-9(8)15)6-19-13-5-11(17)10(16)4-12(13)18/h1-5,19H,6H2. The maximum absolute atomic E-state index is 13.4. The van der Waals surface area contributed by atoms with Gasteiger partial charge in [0.15, 0.2) is 11.6 Å². The minimum atomic E-state index is -1.21. The summed E-state index contributed by atoms with van der Waals surface area (Å²) in [5.41, 5.74) is 0.727. The summed E-state index contributed by atoms with van der Waals surface area (Å²) in [4.78, 5) is 0. The lowest BCUT2D eigenvalue weighted by atomic mass is 10.2. The number of benzene rings is 2. The first-order valence-corrected chi connectivity index (χ1v) is 6.47. The molecule has 0 unspecified atom stereocenters. The van der Waals surface area contributed by atoms with Crippen molar-refractivity contribution >= 4 is 33.2 Å². The van der Waals surface area contributed by atoms with Crippen LogP contribution in [-0.4, -0.2) is 0 Å². The fourth-order valence-corrected chi connectivity index (χ4v) is 2.05. The molecule has 19 heavy (non-hydrogen) atoms. The van der Waals surface area contributed by atoms with E-state index in [9.17, 15) is 13.2 Å². The van der Waals surface area contributed by atoms with E-state index in [-0.39, 0.29) is 12.2 Å². The Morgan fingerprint density at radius 2 is 1.68 bits per heavy atom. The van der Waals surface area contributed by atoms with Gasteiger partial charge in [-0.15, -0.1) is 0 Å². The summed E-state index contributed by atoms with van der Waals surface area (Å²) in [6.07, 6.45) is 0. The van der Waals surface area contributed by atoms with Gasteiger partial charge in [0.2, 0.25) is 0 Å². The van der Waals surface area contributed by atoms with Crippen molar-refractivity contribution in [3.05, 3.63) is 62.8 Å². The van der Waals surface area contributed by atoms with Gasteiger partial charge in [0.05, 0.1) is 10.7 Å². The molecule has 0 radical (unpaired) electrons. The average Bonchev–Trinajstić information content (AvgIpc) is 2.36. The van der Waals surface area contributed by atoms with Gasteiger partial charge in [-0.1, -0.05) is 17.7 Å². The Labute approximate surface area is 121 Å².